The topological polar surface area (TPSA) is 80.3 Å². The van der Waals surface area contributed by atoms with Gasteiger partial charge in [0.15, 0.2) is 19.7 Å². The van der Waals surface area contributed by atoms with Crippen LogP contribution in [0.5, 0.6) is 0 Å². The first-order chi connectivity index (χ1) is 10.7. The highest BCUT2D eigenvalue weighted by Gasteiger charge is 2.45. The van der Waals surface area contributed by atoms with Crippen LogP contribution in [0.1, 0.15) is 25.3 Å². The van der Waals surface area contributed by atoms with E-state index in [1.165, 1.54) is 13.0 Å². The molecule has 1 N–H and O–H groups in total. The maximum absolute atomic E-state index is 13.2. The van der Waals surface area contributed by atoms with Gasteiger partial charge in [-0.2, -0.15) is 0 Å². The van der Waals surface area contributed by atoms with Crippen molar-refractivity contribution < 1.29 is 21.2 Å². The number of aryl methyl sites for hydroxylation is 1. The monoisotopic (exact) mass is 363 g/mol. The third kappa shape index (κ3) is 4.10. The lowest BCUT2D eigenvalue weighted by Gasteiger charge is -2.20. The first-order valence-electron chi connectivity index (χ1n) is 7.61. The molecule has 0 unspecified atom stereocenters. The van der Waals surface area contributed by atoms with Crippen LogP contribution in [0.15, 0.2) is 23.1 Å². The van der Waals surface area contributed by atoms with Gasteiger partial charge in [-0.15, -0.1) is 0 Å². The Morgan fingerprint density at radius 3 is 2.61 bits per heavy atom. The van der Waals surface area contributed by atoms with Gasteiger partial charge >= 0.3 is 0 Å². The summed E-state index contributed by atoms with van der Waals surface area (Å²) in [5.74, 6) is -1.09. The van der Waals surface area contributed by atoms with Crippen LogP contribution in [0.2, 0.25) is 0 Å². The fourth-order valence-electron chi connectivity index (χ4n) is 2.87. The third-order valence-electron chi connectivity index (χ3n) is 4.08. The van der Waals surface area contributed by atoms with E-state index in [0.29, 0.717) is 12.1 Å². The van der Waals surface area contributed by atoms with E-state index in [2.05, 4.69) is 5.32 Å². The number of hydrogen-bond acceptors (Lipinski definition) is 5. The number of hydrogen-bond donors (Lipinski definition) is 1. The number of rotatable bonds is 6. The highest BCUT2D eigenvalue weighted by molar-refractivity contribution is 7.96. The second-order valence-electron chi connectivity index (χ2n) is 5.98. The number of nitrogens with one attached hydrogen (secondary N) is 1. The molecule has 0 aromatic heterocycles. The zero-order valence-electron chi connectivity index (χ0n) is 13.2. The van der Waals surface area contributed by atoms with Gasteiger partial charge in [0, 0.05) is 6.04 Å². The Balaban J connectivity index is 2.35. The van der Waals surface area contributed by atoms with Gasteiger partial charge in [-0.05, 0) is 43.7 Å². The molecule has 1 fully saturated rings. The highest BCUT2D eigenvalue weighted by Crippen LogP contribution is 2.28. The Bertz CT molecular complexity index is 775. The first kappa shape index (κ1) is 18.4. The van der Waals surface area contributed by atoms with E-state index in [9.17, 15) is 21.2 Å². The summed E-state index contributed by atoms with van der Waals surface area (Å²) >= 11 is 0. The van der Waals surface area contributed by atoms with Gasteiger partial charge < -0.3 is 5.32 Å². The van der Waals surface area contributed by atoms with Gasteiger partial charge in [0.2, 0.25) is 0 Å². The van der Waals surface area contributed by atoms with Crippen molar-refractivity contribution in [2.45, 2.75) is 42.9 Å². The molecular formula is C15H22FNO4S2. The fraction of sp³-hybridized carbons (Fsp3) is 0.600. The van der Waals surface area contributed by atoms with Crippen molar-refractivity contribution in [2.75, 3.05) is 18.1 Å². The van der Waals surface area contributed by atoms with Crippen molar-refractivity contribution in [3.63, 3.8) is 0 Å². The summed E-state index contributed by atoms with van der Waals surface area (Å²) in [6.45, 7) is 4.09. The summed E-state index contributed by atoms with van der Waals surface area (Å²) in [5, 5.41) is 2.03. The number of unbranched alkanes of at least 4 members (excludes halogenated alkanes) is 1. The average Bonchev–Trinajstić information content (AvgIpc) is 2.74. The molecule has 0 saturated carbocycles. The third-order valence-corrected chi connectivity index (χ3v) is 8.39. The molecule has 130 valence electrons. The molecule has 1 aromatic rings. The van der Waals surface area contributed by atoms with Crippen molar-refractivity contribution in [3.05, 3.63) is 29.6 Å². The van der Waals surface area contributed by atoms with Crippen molar-refractivity contribution >= 4 is 19.7 Å². The highest BCUT2D eigenvalue weighted by atomic mass is 32.2. The average molecular weight is 363 g/mol. The standard InChI is InChI=1S/C15H22FNO4S2/c1-3-4-7-17-13-9-22(18,19)10-15(13)23(20,21)14-6-5-12(16)8-11(14)2/h5-6,8,13,15,17H,3-4,7,9-10H2,1-2H3/t13-,15-/m0/s1. The lowest BCUT2D eigenvalue weighted by molar-refractivity contribution is 0.517. The Labute approximate surface area is 137 Å². The minimum atomic E-state index is -3.85. The zero-order chi connectivity index (χ0) is 17.3. The first-order valence-corrected chi connectivity index (χ1v) is 11.0. The second-order valence-corrected chi connectivity index (χ2v) is 10.3. The molecule has 2 atom stereocenters. The van der Waals surface area contributed by atoms with Crippen LogP contribution < -0.4 is 5.32 Å². The van der Waals surface area contributed by atoms with E-state index in [4.69, 9.17) is 0 Å². The van der Waals surface area contributed by atoms with Gasteiger partial charge in [-0.1, -0.05) is 13.3 Å². The maximum Gasteiger partial charge on any atom is 0.184 e. The van der Waals surface area contributed by atoms with E-state index < -0.39 is 42.5 Å². The lowest BCUT2D eigenvalue weighted by Crippen LogP contribution is -2.43. The molecule has 1 aromatic carbocycles. The molecule has 8 heteroatoms. The minimum Gasteiger partial charge on any atom is -0.312 e. The van der Waals surface area contributed by atoms with Gasteiger partial charge in [0.1, 0.15) is 5.82 Å². The van der Waals surface area contributed by atoms with E-state index in [0.717, 1.165) is 25.0 Å². The molecular weight excluding hydrogens is 341 g/mol. The summed E-state index contributed by atoms with van der Waals surface area (Å²) in [4.78, 5) is 0.00305. The molecule has 1 saturated heterocycles. The number of halogens is 1. The van der Waals surface area contributed by atoms with Gasteiger partial charge in [0.05, 0.1) is 21.7 Å². The van der Waals surface area contributed by atoms with Gasteiger partial charge in [-0.3, -0.25) is 0 Å². The lowest BCUT2D eigenvalue weighted by atomic mass is 10.2. The molecule has 0 bridgehead atoms. The van der Waals surface area contributed by atoms with Crippen LogP contribution in [-0.2, 0) is 19.7 Å². The maximum atomic E-state index is 13.2. The van der Waals surface area contributed by atoms with E-state index >= 15 is 0 Å². The van der Waals surface area contributed by atoms with E-state index in [-0.39, 0.29) is 10.6 Å². The smallest absolute Gasteiger partial charge is 0.184 e. The van der Waals surface area contributed by atoms with Crippen molar-refractivity contribution in [3.8, 4) is 0 Å². The predicted octanol–water partition coefficient (Wildman–Crippen LogP) is 1.46. The zero-order valence-corrected chi connectivity index (χ0v) is 14.9. The summed E-state index contributed by atoms with van der Waals surface area (Å²) in [6.07, 6.45) is 1.78. The summed E-state index contributed by atoms with van der Waals surface area (Å²) < 4.78 is 62.8. The Kier molecular flexibility index (Phi) is 5.48. The normalized spacial score (nSPS) is 24.0. The molecule has 0 spiro atoms. The van der Waals surface area contributed by atoms with E-state index in [1.807, 2.05) is 6.92 Å². The summed E-state index contributed by atoms with van der Waals surface area (Å²) in [5.41, 5.74) is 0.293. The number of sulfone groups is 2. The van der Waals surface area contributed by atoms with Crippen molar-refractivity contribution in [1.29, 1.82) is 0 Å². The predicted molar refractivity (Wildman–Crippen MR) is 87.5 cm³/mol. The molecule has 23 heavy (non-hydrogen) atoms. The molecule has 1 heterocycles. The summed E-state index contributed by atoms with van der Waals surface area (Å²) in [7, 11) is -7.26. The minimum absolute atomic E-state index is 0.00305. The second kappa shape index (κ2) is 6.86. The molecule has 2 rings (SSSR count). The van der Waals surface area contributed by atoms with Crippen molar-refractivity contribution in [2.24, 2.45) is 0 Å². The number of benzene rings is 1. The van der Waals surface area contributed by atoms with Gasteiger partial charge in [-0.25, -0.2) is 21.2 Å². The van der Waals surface area contributed by atoms with Crippen molar-refractivity contribution in [1.82, 2.24) is 5.32 Å². The Morgan fingerprint density at radius 1 is 1.30 bits per heavy atom. The molecule has 1 aliphatic heterocycles. The van der Waals surface area contributed by atoms with Crippen LogP contribution in [0.4, 0.5) is 4.39 Å². The quantitative estimate of drug-likeness (QED) is 0.611. The molecule has 1 aliphatic rings. The van der Waals surface area contributed by atoms with Gasteiger partial charge in [0.25, 0.3) is 0 Å². The van der Waals surface area contributed by atoms with Crippen LogP contribution in [0, 0.1) is 12.7 Å². The summed E-state index contributed by atoms with van der Waals surface area (Å²) in [6, 6.07) is 2.83. The molecule has 0 aliphatic carbocycles. The molecule has 0 radical (unpaired) electrons. The Hall–Kier alpha value is -0.990. The molecule has 0 amide bonds. The Morgan fingerprint density at radius 2 is 2.00 bits per heavy atom. The van der Waals surface area contributed by atoms with Crippen LogP contribution in [-0.4, -0.2) is 46.2 Å². The van der Waals surface area contributed by atoms with Crippen LogP contribution in [0.25, 0.3) is 0 Å². The SMILES string of the molecule is CCCCN[C@H]1CS(=O)(=O)C[C@@H]1S(=O)(=O)c1ccc(F)cc1C. The van der Waals surface area contributed by atoms with E-state index in [1.54, 1.807) is 0 Å². The van der Waals surface area contributed by atoms with Crippen LogP contribution >= 0.6 is 0 Å². The molecule has 5 nitrogen and oxygen atoms in total. The fourth-order valence-corrected chi connectivity index (χ4v) is 7.81. The van der Waals surface area contributed by atoms with Crippen LogP contribution in [0.3, 0.4) is 0 Å². The largest absolute Gasteiger partial charge is 0.312 e.